The van der Waals surface area contributed by atoms with Crippen molar-refractivity contribution in [3.05, 3.63) is 57.4 Å². The number of amides is 1. The van der Waals surface area contributed by atoms with Gasteiger partial charge in [-0.3, -0.25) is 19.3 Å². The zero-order valence-electron chi connectivity index (χ0n) is 27.3. The summed E-state index contributed by atoms with van der Waals surface area (Å²) in [7, 11) is 6.93. The molecule has 1 aromatic rings. The van der Waals surface area contributed by atoms with Crippen molar-refractivity contribution in [3.63, 3.8) is 0 Å². The molecule has 0 bridgehead atoms. The van der Waals surface area contributed by atoms with Gasteiger partial charge in [0, 0.05) is 36.8 Å². The SMILES string of the molecule is CC1CCC(CC2=CC=C(c3cc(N(C)C)c4c(c3O)C(O)=C3C(=O)[C@]5(O)C(O)=C(C(N)=O)C(=O)[C@@H](N(C)C)[C@@H]5C[C@@H]3C4)C2)CC1. The molecule has 1 aromatic carbocycles. The quantitative estimate of drug-likeness (QED) is 0.292. The first-order valence-electron chi connectivity index (χ1n) is 16.3. The van der Waals surface area contributed by atoms with E-state index in [0.29, 0.717) is 23.5 Å². The molecule has 1 amide bonds. The van der Waals surface area contributed by atoms with E-state index in [1.54, 1.807) is 14.1 Å². The number of hydrogen-bond donors (Lipinski definition) is 5. The topological polar surface area (TPSA) is 165 Å². The number of rotatable bonds is 6. The maximum Gasteiger partial charge on any atom is 0.255 e. The number of Topliss-reactive ketones (excluding diaryl/α,β-unsaturated/α-hetero) is 2. The fraction of sp³-hybridized carbons (Fsp3) is 0.528. The zero-order chi connectivity index (χ0) is 33.4. The third-order valence-corrected chi connectivity index (χ3v) is 11.1. The second-order valence-corrected chi connectivity index (χ2v) is 14.5. The van der Waals surface area contributed by atoms with E-state index in [4.69, 9.17) is 5.73 Å². The Kier molecular flexibility index (Phi) is 7.96. The Labute approximate surface area is 269 Å². The number of phenolic OH excluding ortho intramolecular Hbond substituents is 1. The van der Waals surface area contributed by atoms with Crippen LogP contribution in [0.3, 0.4) is 0 Å². The lowest BCUT2D eigenvalue weighted by molar-refractivity contribution is -0.153. The van der Waals surface area contributed by atoms with E-state index in [9.17, 15) is 34.8 Å². The highest BCUT2D eigenvalue weighted by atomic mass is 16.3. The van der Waals surface area contributed by atoms with Gasteiger partial charge in [-0.25, -0.2) is 0 Å². The lowest BCUT2D eigenvalue weighted by atomic mass is 9.57. The molecule has 0 heterocycles. The van der Waals surface area contributed by atoms with Gasteiger partial charge in [0.1, 0.15) is 22.8 Å². The Hall–Kier alpha value is -3.89. The highest BCUT2D eigenvalue weighted by molar-refractivity contribution is 6.24. The Bertz CT molecular complexity index is 1660. The maximum atomic E-state index is 14.3. The van der Waals surface area contributed by atoms with Gasteiger partial charge in [0.25, 0.3) is 5.91 Å². The minimum atomic E-state index is -2.66. The average Bonchev–Trinajstić information content (AvgIpc) is 3.44. The van der Waals surface area contributed by atoms with E-state index in [1.807, 2.05) is 31.1 Å². The van der Waals surface area contributed by atoms with Crippen LogP contribution in [0.15, 0.2) is 40.7 Å². The van der Waals surface area contributed by atoms with E-state index in [2.05, 4.69) is 13.0 Å². The van der Waals surface area contributed by atoms with Crippen molar-refractivity contribution in [2.45, 2.75) is 69.9 Å². The third kappa shape index (κ3) is 4.80. The number of primary amides is 1. The van der Waals surface area contributed by atoms with Crippen molar-refractivity contribution >= 4 is 34.5 Å². The highest BCUT2D eigenvalue weighted by Gasteiger charge is 2.64. The molecule has 0 aromatic heterocycles. The number of likely N-dealkylation sites (N-methyl/N-ethyl adjacent to an activating group) is 1. The highest BCUT2D eigenvalue weighted by Crippen LogP contribution is 2.55. The summed E-state index contributed by atoms with van der Waals surface area (Å²) in [6.07, 6.45) is 11.1. The molecule has 0 saturated heterocycles. The van der Waals surface area contributed by atoms with Crippen LogP contribution < -0.4 is 10.6 Å². The molecule has 0 radical (unpaired) electrons. The monoisotopic (exact) mass is 631 g/mol. The zero-order valence-corrected chi connectivity index (χ0v) is 27.3. The van der Waals surface area contributed by atoms with Crippen molar-refractivity contribution < 1.29 is 34.8 Å². The fourth-order valence-corrected chi connectivity index (χ4v) is 8.75. The number of aliphatic hydroxyl groups excluding tert-OH is 2. The van der Waals surface area contributed by atoms with Crippen LogP contribution in [-0.4, -0.2) is 82.6 Å². The van der Waals surface area contributed by atoms with Crippen molar-refractivity contribution in [2.24, 2.45) is 29.4 Å². The normalized spacial score (nSPS) is 31.0. The standard InChI is InChI=1S/C36H45N3O7/c1-17-6-8-18(9-7-17)12-19-10-11-20(13-19)22-16-25(38(2)3)23-14-21-15-24-29(39(4)5)32(42)28(35(37)45)34(44)36(24,46)33(43)26(21)31(41)27(23)30(22)40/h10-11,16-18,21,24,29,40-41,44,46H,6-9,12-15H2,1-5H3,(H2,37,45)/t17?,18?,21-,24-,29-,36-/m0/s1. The predicted octanol–water partition coefficient (Wildman–Crippen LogP) is 3.96. The number of anilines is 1. The van der Waals surface area contributed by atoms with Crippen molar-refractivity contribution in [1.82, 2.24) is 4.90 Å². The van der Waals surface area contributed by atoms with Crippen molar-refractivity contribution in [3.8, 4) is 5.75 Å². The average molecular weight is 632 g/mol. The number of nitrogens with zero attached hydrogens (tertiary/aromatic N) is 2. The fourth-order valence-electron chi connectivity index (χ4n) is 8.75. The van der Waals surface area contributed by atoms with Gasteiger partial charge >= 0.3 is 0 Å². The number of aromatic hydroxyl groups is 1. The number of benzene rings is 1. The molecule has 2 saturated carbocycles. The van der Waals surface area contributed by atoms with Gasteiger partial charge in [-0.05, 0) is 87.6 Å². The number of ketones is 2. The van der Waals surface area contributed by atoms with Gasteiger partial charge in [-0.2, -0.15) is 0 Å². The van der Waals surface area contributed by atoms with Crippen LogP contribution in [-0.2, 0) is 20.8 Å². The smallest absolute Gasteiger partial charge is 0.255 e. The third-order valence-electron chi connectivity index (χ3n) is 11.1. The number of aliphatic hydroxyl groups is 3. The first-order chi connectivity index (χ1) is 21.7. The summed E-state index contributed by atoms with van der Waals surface area (Å²) in [5.74, 6) is -5.02. The Morgan fingerprint density at radius 2 is 1.72 bits per heavy atom. The first kappa shape index (κ1) is 32.1. The Balaban J connectivity index is 1.41. The van der Waals surface area contributed by atoms with Crippen molar-refractivity contribution in [2.75, 3.05) is 33.1 Å². The summed E-state index contributed by atoms with van der Waals surface area (Å²) in [6.45, 7) is 2.31. The molecule has 6 rings (SSSR count). The number of fused-ring (bicyclic) bond motifs is 3. The minimum absolute atomic E-state index is 0.0551. The summed E-state index contributed by atoms with van der Waals surface area (Å²) >= 11 is 0. The molecule has 5 aliphatic carbocycles. The molecule has 6 N–H and O–H groups in total. The first-order valence-corrected chi connectivity index (χ1v) is 16.3. The van der Waals surface area contributed by atoms with Crippen molar-refractivity contribution in [1.29, 1.82) is 0 Å². The van der Waals surface area contributed by atoms with Gasteiger partial charge in [0.05, 0.1) is 11.6 Å². The largest absolute Gasteiger partial charge is 0.508 e. The van der Waals surface area contributed by atoms with Crippen LogP contribution >= 0.6 is 0 Å². The minimum Gasteiger partial charge on any atom is -0.508 e. The van der Waals surface area contributed by atoms with Crippen LogP contribution in [0.1, 0.15) is 68.6 Å². The number of allylic oxidation sites excluding steroid dienone is 4. The van der Waals surface area contributed by atoms with Gasteiger partial charge in [0.15, 0.2) is 11.4 Å². The van der Waals surface area contributed by atoms with Crippen LogP contribution in [0.5, 0.6) is 5.75 Å². The van der Waals surface area contributed by atoms with E-state index < -0.39 is 58.0 Å². The number of nitrogens with two attached hydrogens (primary N) is 1. The molecule has 4 atom stereocenters. The second-order valence-electron chi connectivity index (χ2n) is 14.5. The lowest BCUT2D eigenvalue weighted by Gasteiger charge is -2.50. The number of carbonyl (C=O) groups is 3. The number of phenols is 1. The Morgan fingerprint density at radius 3 is 2.33 bits per heavy atom. The molecule has 2 fully saturated rings. The molecule has 246 valence electrons. The maximum absolute atomic E-state index is 14.3. The summed E-state index contributed by atoms with van der Waals surface area (Å²) < 4.78 is 0. The van der Waals surface area contributed by atoms with Crippen LogP contribution in [0.4, 0.5) is 5.69 Å². The molecular weight excluding hydrogens is 586 g/mol. The molecule has 10 nitrogen and oxygen atoms in total. The molecule has 0 spiro atoms. The molecule has 10 heteroatoms. The number of hydrogen-bond acceptors (Lipinski definition) is 9. The van der Waals surface area contributed by atoms with E-state index in [0.717, 1.165) is 23.6 Å². The second kappa shape index (κ2) is 11.4. The van der Waals surface area contributed by atoms with E-state index >= 15 is 0 Å². The van der Waals surface area contributed by atoms with Crippen LogP contribution in [0.2, 0.25) is 0 Å². The Morgan fingerprint density at radius 1 is 1.04 bits per heavy atom. The van der Waals surface area contributed by atoms with Gasteiger partial charge < -0.3 is 31.1 Å². The molecule has 46 heavy (non-hydrogen) atoms. The van der Waals surface area contributed by atoms with Gasteiger partial charge in [-0.15, -0.1) is 0 Å². The molecular formula is C36H45N3O7. The number of carbonyl (C=O) groups excluding carboxylic acids is 3. The van der Waals surface area contributed by atoms with E-state index in [-0.39, 0.29) is 29.7 Å². The summed E-state index contributed by atoms with van der Waals surface area (Å²) in [6, 6.07) is 0.813. The lowest BCUT2D eigenvalue weighted by Crippen LogP contribution is -2.65. The predicted molar refractivity (Wildman–Crippen MR) is 175 cm³/mol. The van der Waals surface area contributed by atoms with Crippen LogP contribution in [0.25, 0.3) is 11.3 Å². The van der Waals surface area contributed by atoms with Gasteiger partial charge in [0.2, 0.25) is 5.78 Å². The molecule has 0 unspecified atom stereocenters. The summed E-state index contributed by atoms with van der Waals surface area (Å²) in [4.78, 5) is 43.3. The molecule has 5 aliphatic rings. The van der Waals surface area contributed by atoms with Crippen LogP contribution in [0, 0.1) is 23.7 Å². The van der Waals surface area contributed by atoms with E-state index in [1.165, 1.54) is 36.2 Å². The van der Waals surface area contributed by atoms with Gasteiger partial charge in [-0.1, -0.05) is 37.5 Å². The summed E-state index contributed by atoms with van der Waals surface area (Å²) in [5, 5.41) is 46.7. The molecule has 0 aliphatic heterocycles. The summed E-state index contributed by atoms with van der Waals surface area (Å²) in [5.41, 5.74) is 6.16.